The number of hydrogen-bond donors (Lipinski definition) is 1. The molecular formula is C45H56O3. The lowest BCUT2D eigenvalue weighted by atomic mass is 9.77. The molecule has 3 nitrogen and oxygen atoms in total. The molecule has 2 saturated carbocycles. The largest absolute Gasteiger partial charge is 0.508 e. The summed E-state index contributed by atoms with van der Waals surface area (Å²) in [5.74, 6) is 4.14. The van der Waals surface area contributed by atoms with Crippen molar-refractivity contribution in [1.82, 2.24) is 0 Å². The van der Waals surface area contributed by atoms with Crippen LogP contribution in [0, 0.1) is 11.8 Å². The molecule has 4 aromatic rings. The van der Waals surface area contributed by atoms with E-state index in [0.29, 0.717) is 17.9 Å². The minimum absolute atomic E-state index is 0.198. The fourth-order valence-corrected chi connectivity index (χ4v) is 7.85. The summed E-state index contributed by atoms with van der Waals surface area (Å²) in [5.41, 5.74) is 7.73. The van der Waals surface area contributed by atoms with Gasteiger partial charge in [0.05, 0.1) is 0 Å². The van der Waals surface area contributed by atoms with Crippen molar-refractivity contribution in [2.75, 3.05) is 0 Å². The van der Waals surface area contributed by atoms with E-state index in [0.717, 1.165) is 34.8 Å². The number of benzene rings is 4. The van der Waals surface area contributed by atoms with Gasteiger partial charge in [-0.15, -0.1) is 0 Å². The van der Waals surface area contributed by atoms with Crippen LogP contribution in [0.3, 0.4) is 0 Å². The van der Waals surface area contributed by atoms with E-state index in [2.05, 4.69) is 62.4 Å². The third kappa shape index (κ3) is 10.1. The van der Waals surface area contributed by atoms with Crippen LogP contribution in [0.1, 0.15) is 127 Å². The molecule has 48 heavy (non-hydrogen) atoms. The second-order valence-electron chi connectivity index (χ2n) is 14.2. The summed E-state index contributed by atoms with van der Waals surface area (Å²) in [7, 11) is 0. The number of rotatable bonds is 10. The average Bonchev–Trinajstić information content (AvgIpc) is 3.14. The molecule has 6 rings (SSSR count). The van der Waals surface area contributed by atoms with E-state index in [1.807, 2.05) is 36.4 Å². The number of esters is 1. The molecule has 0 spiro atoms. The van der Waals surface area contributed by atoms with Gasteiger partial charge in [-0.1, -0.05) is 119 Å². The van der Waals surface area contributed by atoms with Gasteiger partial charge in [-0.25, -0.2) is 0 Å². The van der Waals surface area contributed by atoms with Crippen LogP contribution in [-0.4, -0.2) is 11.1 Å². The van der Waals surface area contributed by atoms with Gasteiger partial charge >= 0.3 is 5.97 Å². The maximum Gasteiger partial charge on any atom is 0.310 e. The van der Waals surface area contributed by atoms with Crippen molar-refractivity contribution in [1.29, 1.82) is 0 Å². The van der Waals surface area contributed by atoms with Crippen molar-refractivity contribution in [3.8, 4) is 33.8 Å². The summed E-state index contributed by atoms with van der Waals surface area (Å²) in [6, 6.07) is 33.3. The van der Waals surface area contributed by atoms with Gasteiger partial charge in [-0.2, -0.15) is 0 Å². The van der Waals surface area contributed by atoms with E-state index in [1.54, 1.807) is 19.1 Å². The molecule has 0 amide bonds. The monoisotopic (exact) mass is 644 g/mol. The van der Waals surface area contributed by atoms with Gasteiger partial charge in [0.25, 0.3) is 0 Å². The number of aromatic hydroxyl groups is 1. The number of hydrogen-bond acceptors (Lipinski definition) is 3. The summed E-state index contributed by atoms with van der Waals surface area (Å²) < 4.78 is 5.24. The van der Waals surface area contributed by atoms with Crippen molar-refractivity contribution in [2.24, 2.45) is 11.8 Å². The standard InChI is InChI=1S/C24H30O2.C21H26O/c1-3-5-18-6-8-19(9-7-18)20-10-12-21(13-11-20)22-14-16-23(17-15-22)26-24(25)4-2;1-2-3-16-4-6-17(7-5-16)18-8-10-19(11-9-18)20-12-14-21(22)15-13-20/h10-19H,3-9H2,1-2H3;8-17,22H,2-7H2,1H3. The lowest BCUT2D eigenvalue weighted by Crippen LogP contribution is -2.13. The molecule has 4 aromatic carbocycles. The fraction of sp³-hybridized carbons (Fsp3) is 0.444. The maximum absolute atomic E-state index is 11.4. The van der Waals surface area contributed by atoms with E-state index >= 15 is 0 Å². The Morgan fingerprint density at radius 3 is 1.25 bits per heavy atom. The van der Waals surface area contributed by atoms with E-state index in [-0.39, 0.29) is 5.97 Å². The normalized spacial score (nSPS) is 20.7. The predicted octanol–water partition coefficient (Wildman–Crippen LogP) is 12.9. The van der Waals surface area contributed by atoms with Crippen molar-refractivity contribution < 1.29 is 14.6 Å². The van der Waals surface area contributed by atoms with Crippen LogP contribution >= 0.6 is 0 Å². The zero-order valence-corrected chi connectivity index (χ0v) is 29.5. The van der Waals surface area contributed by atoms with Gasteiger partial charge < -0.3 is 9.84 Å². The molecule has 0 aromatic heterocycles. The SMILES string of the molecule is CCCC1CCC(c2ccc(-c3ccc(O)cc3)cc2)CC1.CCCC1CCC(c2ccc(-c3ccc(OC(=O)CC)cc3)cc2)CC1. The van der Waals surface area contributed by atoms with Crippen molar-refractivity contribution in [3.05, 3.63) is 108 Å². The number of phenolic OH excluding ortho intramolecular Hbond substituents is 1. The highest BCUT2D eigenvalue weighted by molar-refractivity contribution is 5.72. The lowest BCUT2D eigenvalue weighted by molar-refractivity contribution is -0.134. The van der Waals surface area contributed by atoms with Crippen molar-refractivity contribution in [3.63, 3.8) is 0 Å². The summed E-state index contributed by atoms with van der Waals surface area (Å²) in [4.78, 5) is 11.4. The first-order valence-electron chi connectivity index (χ1n) is 18.8. The third-order valence-electron chi connectivity index (χ3n) is 10.8. The number of ether oxygens (including phenoxy) is 1. The number of carbonyl (C=O) groups is 1. The molecule has 0 saturated heterocycles. The van der Waals surface area contributed by atoms with Crippen LogP contribution < -0.4 is 4.74 Å². The fourth-order valence-electron chi connectivity index (χ4n) is 7.85. The Balaban J connectivity index is 0.000000190. The maximum atomic E-state index is 11.4. The molecule has 0 aliphatic heterocycles. The van der Waals surface area contributed by atoms with Crippen LogP contribution in [0.2, 0.25) is 0 Å². The Morgan fingerprint density at radius 2 is 0.896 bits per heavy atom. The Bertz CT molecular complexity index is 1500. The molecule has 3 heteroatoms. The summed E-state index contributed by atoms with van der Waals surface area (Å²) >= 11 is 0. The summed E-state index contributed by atoms with van der Waals surface area (Å²) in [6.07, 6.45) is 16.8. The first-order chi connectivity index (χ1) is 23.4. The first-order valence-corrected chi connectivity index (χ1v) is 18.8. The summed E-state index contributed by atoms with van der Waals surface area (Å²) in [5, 5.41) is 9.38. The van der Waals surface area contributed by atoms with E-state index in [4.69, 9.17) is 4.74 Å². The second kappa shape index (κ2) is 18.1. The molecule has 2 aliphatic carbocycles. The average molecular weight is 645 g/mol. The highest BCUT2D eigenvalue weighted by Crippen LogP contribution is 2.39. The second-order valence-corrected chi connectivity index (χ2v) is 14.2. The van der Waals surface area contributed by atoms with E-state index < -0.39 is 0 Å². The van der Waals surface area contributed by atoms with Gasteiger partial charge in [-0.05, 0) is 133 Å². The molecule has 0 bridgehead atoms. The highest BCUT2D eigenvalue weighted by atomic mass is 16.5. The smallest absolute Gasteiger partial charge is 0.310 e. The van der Waals surface area contributed by atoms with Gasteiger partial charge in [0, 0.05) is 6.42 Å². The Morgan fingerprint density at radius 1 is 0.542 bits per heavy atom. The van der Waals surface area contributed by atoms with Crippen molar-refractivity contribution in [2.45, 2.75) is 116 Å². The highest BCUT2D eigenvalue weighted by Gasteiger charge is 2.23. The Hall–Kier alpha value is -3.85. The molecule has 0 heterocycles. The number of carbonyl (C=O) groups excluding carboxylic acids is 1. The topological polar surface area (TPSA) is 46.5 Å². The molecule has 2 fully saturated rings. The molecular weight excluding hydrogens is 588 g/mol. The minimum atomic E-state index is -0.198. The molecule has 2 aliphatic rings. The van der Waals surface area contributed by atoms with E-state index in [1.165, 1.54) is 99.3 Å². The third-order valence-corrected chi connectivity index (χ3v) is 10.8. The zero-order valence-electron chi connectivity index (χ0n) is 29.5. The molecule has 1 N–H and O–H groups in total. The first kappa shape index (κ1) is 35.5. The van der Waals surface area contributed by atoms with Crippen LogP contribution in [0.5, 0.6) is 11.5 Å². The molecule has 0 atom stereocenters. The van der Waals surface area contributed by atoms with Crippen molar-refractivity contribution >= 4 is 5.97 Å². The Labute approximate surface area is 289 Å². The van der Waals surface area contributed by atoms with Gasteiger partial charge in [-0.3, -0.25) is 4.79 Å². The zero-order chi connectivity index (χ0) is 33.7. The Kier molecular flexibility index (Phi) is 13.3. The predicted molar refractivity (Wildman–Crippen MR) is 201 cm³/mol. The van der Waals surface area contributed by atoms with E-state index in [9.17, 15) is 9.90 Å². The molecule has 254 valence electrons. The van der Waals surface area contributed by atoms with Gasteiger partial charge in [0.15, 0.2) is 0 Å². The lowest BCUT2D eigenvalue weighted by Gasteiger charge is -2.28. The van der Waals surface area contributed by atoms with Gasteiger partial charge in [0.1, 0.15) is 11.5 Å². The van der Waals surface area contributed by atoms with Crippen LogP contribution in [-0.2, 0) is 4.79 Å². The van der Waals surface area contributed by atoms with Gasteiger partial charge in [0.2, 0.25) is 0 Å². The van der Waals surface area contributed by atoms with Crippen LogP contribution in [0.4, 0.5) is 0 Å². The molecule has 0 radical (unpaired) electrons. The summed E-state index contributed by atoms with van der Waals surface area (Å²) in [6.45, 7) is 6.40. The van der Waals surface area contributed by atoms with Crippen LogP contribution in [0.15, 0.2) is 97.1 Å². The molecule has 0 unspecified atom stereocenters. The van der Waals surface area contributed by atoms with Crippen LogP contribution in [0.25, 0.3) is 22.3 Å². The number of phenols is 1. The quantitative estimate of drug-likeness (QED) is 0.138. The minimum Gasteiger partial charge on any atom is -0.508 e.